The number of aryl methyl sites for hydroxylation is 1. The largest absolute Gasteiger partial charge is 0.463 e. The number of alkyl halides is 3. The number of carbonyl (C=O) groups excluding carboxylic acids is 1. The van der Waals surface area contributed by atoms with Gasteiger partial charge in [0.05, 0.1) is 28.1 Å². The molecule has 192 valence electrons. The minimum Gasteiger partial charge on any atom is -0.463 e. The second-order valence-electron chi connectivity index (χ2n) is 8.57. The summed E-state index contributed by atoms with van der Waals surface area (Å²) in [5.74, 6) is -1.39. The minimum atomic E-state index is -4.70. The number of furan rings is 1. The number of anilines is 3. The number of amides is 1. The molecule has 0 bridgehead atoms. The number of rotatable bonds is 6. The summed E-state index contributed by atoms with van der Waals surface area (Å²) in [6, 6.07) is 4.87. The van der Waals surface area contributed by atoms with Gasteiger partial charge in [-0.2, -0.15) is 13.2 Å². The maximum absolute atomic E-state index is 14.1. The van der Waals surface area contributed by atoms with Crippen molar-refractivity contribution in [1.29, 1.82) is 5.41 Å². The van der Waals surface area contributed by atoms with Crippen LogP contribution in [-0.2, 0) is 6.18 Å². The van der Waals surface area contributed by atoms with Gasteiger partial charge in [0.15, 0.2) is 0 Å². The molecule has 0 saturated heterocycles. The Morgan fingerprint density at radius 3 is 2.54 bits per heavy atom. The van der Waals surface area contributed by atoms with Crippen LogP contribution in [0.25, 0.3) is 11.0 Å². The Kier molecular flexibility index (Phi) is 6.59. The van der Waals surface area contributed by atoms with E-state index in [0.29, 0.717) is 46.1 Å². The fourth-order valence-corrected chi connectivity index (χ4v) is 3.83. The topological polar surface area (TPSA) is 130 Å². The molecule has 1 amide bonds. The van der Waals surface area contributed by atoms with E-state index in [0.717, 1.165) is 6.26 Å². The van der Waals surface area contributed by atoms with Gasteiger partial charge in [-0.1, -0.05) is 6.07 Å². The summed E-state index contributed by atoms with van der Waals surface area (Å²) < 4.78 is 58.8. The van der Waals surface area contributed by atoms with Gasteiger partial charge in [0.2, 0.25) is 0 Å². The van der Waals surface area contributed by atoms with E-state index in [2.05, 4.69) is 20.6 Å². The molecule has 4 rings (SSSR count). The number of benzene rings is 2. The van der Waals surface area contributed by atoms with Crippen molar-refractivity contribution in [1.82, 2.24) is 9.97 Å². The van der Waals surface area contributed by atoms with E-state index in [4.69, 9.17) is 15.6 Å². The number of halogens is 4. The molecule has 2 aromatic heterocycles. The summed E-state index contributed by atoms with van der Waals surface area (Å²) in [7, 11) is 0. The van der Waals surface area contributed by atoms with Crippen LogP contribution in [-0.4, -0.2) is 27.6 Å². The highest BCUT2D eigenvalue weighted by Gasteiger charge is 2.31. The summed E-state index contributed by atoms with van der Waals surface area (Å²) >= 11 is 0. The van der Waals surface area contributed by atoms with E-state index >= 15 is 0 Å². The van der Waals surface area contributed by atoms with Gasteiger partial charge in [-0.15, -0.1) is 0 Å². The Bertz CT molecular complexity index is 1530. The van der Waals surface area contributed by atoms with Crippen LogP contribution < -0.4 is 16.4 Å². The monoisotopic (exact) mass is 514 g/mol. The summed E-state index contributed by atoms with van der Waals surface area (Å²) in [4.78, 5) is 21.0. The number of nitrogens with two attached hydrogens (primary N) is 1. The molecule has 0 fully saturated rings. The van der Waals surface area contributed by atoms with Gasteiger partial charge in [-0.25, -0.2) is 14.4 Å². The zero-order valence-corrected chi connectivity index (χ0v) is 19.9. The van der Waals surface area contributed by atoms with Crippen molar-refractivity contribution in [3.8, 4) is 0 Å². The Labute approximate surface area is 208 Å². The number of fused-ring (bicyclic) bond motifs is 1. The van der Waals surface area contributed by atoms with Crippen molar-refractivity contribution in [3.63, 3.8) is 0 Å². The van der Waals surface area contributed by atoms with Crippen LogP contribution >= 0.6 is 0 Å². The molecule has 8 nitrogen and oxygen atoms in total. The molecule has 2 heterocycles. The Morgan fingerprint density at radius 2 is 1.86 bits per heavy atom. The molecule has 0 saturated carbocycles. The first kappa shape index (κ1) is 25.6. The average Bonchev–Trinajstić information content (AvgIpc) is 3.24. The first-order valence-corrected chi connectivity index (χ1v) is 11.0. The Balaban J connectivity index is 1.69. The van der Waals surface area contributed by atoms with Crippen molar-refractivity contribution in [2.24, 2.45) is 0 Å². The van der Waals surface area contributed by atoms with Crippen molar-refractivity contribution in [3.05, 3.63) is 76.6 Å². The zero-order chi connectivity index (χ0) is 27.1. The lowest BCUT2D eigenvalue weighted by molar-refractivity contribution is -0.137. The lowest BCUT2D eigenvalue weighted by Gasteiger charge is -2.16. The number of carbonyl (C=O) groups is 1. The van der Waals surface area contributed by atoms with Gasteiger partial charge in [0, 0.05) is 22.6 Å². The molecule has 12 heteroatoms. The molecular weight excluding hydrogens is 492 g/mol. The normalized spacial score (nSPS) is 11.7. The van der Waals surface area contributed by atoms with E-state index in [1.165, 1.54) is 12.4 Å². The number of aromatic nitrogens is 2. The molecule has 5 N–H and O–H groups in total. The van der Waals surface area contributed by atoms with Crippen LogP contribution in [0.2, 0.25) is 0 Å². The van der Waals surface area contributed by atoms with E-state index < -0.39 is 29.2 Å². The quantitative estimate of drug-likeness (QED) is 0.191. The molecule has 0 atom stereocenters. The van der Waals surface area contributed by atoms with Gasteiger partial charge in [-0.3, -0.25) is 10.2 Å². The third-order valence-corrected chi connectivity index (χ3v) is 5.60. The number of hydrogen-bond donors (Lipinski definition) is 4. The van der Waals surface area contributed by atoms with Crippen LogP contribution in [0.4, 0.5) is 34.9 Å². The maximum Gasteiger partial charge on any atom is 0.416 e. The number of hydrogen-bond acceptors (Lipinski definition) is 7. The molecular formula is C25H22F4N6O2. The third kappa shape index (κ3) is 4.95. The van der Waals surface area contributed by atoms with Crippen LogP contribution in [0.5, 0.6) is 0 Å². The van der Waals surface area contributed by atoms with Crippen molar-refractivity contribution in [2.45, 2.75) is 33.0 Å². The van der Waals surface area contributed by atoms with Gasteiger partial charge >= 0.3 is 6.18 Å². The average molecular weight is 514 g/mol. The number of nitrogens with zero attached hydrogens (tertiary/aromatic N) is 2. The van der Waals surface area contributed by atoms with Crippen LogP contribution in [0.1, 0.15) is 46.5 Å². The summed E-state index contributed by atoms with van der Waals surface area (Å²) in [5.41, 5.74) is 5.85. The van der Waals surface area contributed by atoms with E-state index in [1.807, 2.05) is 13.8 Å². The minimum absolute atomic E-state index is 0.0113. The predicted octanol–water partition coefficient (Wildman–Crippen LogP) is 5.76. The highest BCUT2D eigenvalue weighted by atomic mass is 19.4. The number of nitrogen functional groups attached to an aromatic ring is 1. The van der Waals surface area contributed by atoms with Gasteiger partial charge < -0.3 is 20.8 Å². The summed E-state index contributed by atoms with van der Waals surface area (Å²) in [5, 5.41) is 14.4. The van der Waals surface area contributed by atoms with E-state index in [-0.39, 0.29) is 28.7 Å². The molecule has 0 spiro atoms. The third-order valence-electron chi connectivity index (χ3n) is 5.60. The molecule has 0 unspecified atom stereocenters. The molecule has 0 aliphatic heterocycles. The fraction of sp³-hybridized carbons (Fsp3) is 0.200. The van der Waals surface area contributed by atoms with Crippen molar-refractivity contribution in [2.75, 3.05) is 16.4 Å². The predicted molar refractivity (Wildman–Crippen MR) is 131 cm³/mol. The van der Waals surface area contributed by atoms with E-state index in [1.54, 1.807) is 13.0 Å². The molecule has 0 aliphatic rings. The molecule has 4 aromatic rings. The first-order chi connectivity index (χ1) is 17.4. The lowest BCUT2D eigenvalue weighted by Crippen LogP contribution is -2.18. The zero-order valence-electron chi connectivity index (χ0n) is 19.9. The Hall–Kier alpha value is -4.48. The lowest BCUT2D eigenvalue weighted by atomic mass is 9.96. The van der Waals surface area contributed by atoms with Crippen LogP contribution in [0.3, 0.4) is 0 Å². The molecule has 0 aliphatic carbocycles. The molecule has 2 aromatic carbocycles. The highest BCUT2D eigenvalue weighted by molar-refractivity contribution is 6.19. The first-order valence-electron chi connectivity index (χ1n) is 11.0. The van der Waals surface area contributed by atoms with Crippen molar-refractivity contribution >= 4 is 39.9 Å². The molecule has 37 heavy (non-hydrogen) atoms. The van der Waals surface area contributed by atoms with Gasteiger partial charge in [0.25, 0.3) is 5.91 Å². The highest BCUT2D eigenvalue weighted by Crippen LogP contribution is 2.33. The maximum atomic E-state index is 14.1. The second-order valence-corrected chi connectivity index (χ2v) is 8.57. The van der Waals surface area contributed by atoms with Gasteiger partial charge in [-0.05, 0) is 45.0 Å². The Morgan fingerprint density at radius 1 is 1.14 bits per heavy atom. The van der Waals surface area contributed by atoms with Crippen molar-refractivity contribution < 1.29 is 26.8 Å². The molecule has 0 radical (unpaired) electrons. The summed E-state index contributed by atoms with van der Waals surface area (Å²) in [6.45, 7) is 5.49. The van der Waals surface area contributed by atoms with Crippen LogP contribution in [0.15, 0.2) is 47.3 Å². The standard InChI is InChI=1S/C25H22F4N6O2/c1-11(2)34-23-19(22(31)32-10-33-23)20(30)14-5-6-15-16(9-37-21(15)12(14)3)24(36)35-18-8-13(25(27,28)29)4-7-17(18)26/h4-11,30H,1-3H3,(H,35,36)(H3,31,32,33,34). The summed E-state index contributed by atoms with van der Waals surface area (Å²) in [6.07, 6.45) is -2.29. The second kappa shape index (κ2) is 9.52. The number of nitrogens with one attached hydrogen (secondary N) is 3. The SMILES string of the molecule is Cc1c(C(=N)c2c(N)ncnc2NC(C)C)ccc2c(C(=O)Nc3cc(C(F)(F)F)ccc3F)coc12. The van der Waals surface area contributed by atoms with E-state index in [9.17, 15) is 22.4 Å². The fourth-order valence-electron chi connectivity index (χ4n) is 3.83. The van der Waals surface area contributed by atoms with Gasteiger partial charge in [0.1, 0.15) is 35.6 Å². The van der Waals surface area contributed by atoms with Crippen LogP contribution in [0, 0.1) is 18.2 Å². The smallest absolute Gasteiger partial charge is 0.416 e.